The molecule has 2 aromatic rings. The quantitative estimate of drug-likeness (QED) is 0.854. The van der Waals surface area contributed by atoms with E-state index in [4.69, 9.17) is 5.73 Å². The van der Waals surface area contributed by atoms with Gasteiger partial charge in [-0.1, -0.05) is 13.0 Å². The number of hydrogen-bond acceptors (Lipinski definition) is 3. The summed E-state index contributed by atoms with van der Waals surface area (Å²) in [5.41, 5.74) is 7.83. The highest BCUT2D eigenvalue weighted by molar-refractivity contribution is 6.06. The van der Waals surface area contributed by atoms with Gasteiger partial charge in [-0.25, -0.2) is 0 Å². The molecule has 0 saturated carbocycles. The van der Waals surface area contributed by atoms with Crippen molar-refractivity contribution in [2.75, 3.05) is 17.2 Å². The summed E-state index contributed by atoms with van der Waals surface area (Å²) >= 11 is 0. The van der Waals surface area contributed by atoms with Crippen molar-refractivity contribution >= 4 is 17.3 Å². The van der Waals surface area contributed by atoms with E-state index < -0.39 is 0 Å². The summed E-state index contributed by atoms with van der Waals surface area (Å²) in [4.78, 5) is 18.2. The largest absolute Gasteiger partial charge is 0.399 e. The van der Waals surface area contributed by atoms with Crippen molar-refractivity contribution in [2.24, 2.45) is 0 Å². The van der Waals surface area contributed by atoms with E-state index in [0.29, 0.717) is 17.8 Å². The third-order valence-corrected chi connectivity index (χ3v) is 2.78. The Bertz CT molecular complexity index is 554. The number of nitrogens with two attached hydrogens (primary N) is 1. The highest BCUT2D eigenvalue weighted by atomic mass is 16.2. The second-order valence-electron chi connectivity index (χ2n) is 4.29. The fourth-order valence-corrected chi connectivity index (χ4v) is 1.91. The number of aromatic nitrogens is 1. The molecule has 0 atom stereocenters. The van der Waals surface area contributed by atoms with Gasteiger partial charge in [0.15, 0.2) is 0 Å². The average Bonchev–Trinajstić information content (AvgIpc) is 2.45. The zero-order chi connectivity index (χ0) is 13.7. The maximum absolute atomic E-state index is 12.5. The van der Waals surface area contributed by atoms with Crippen molar-refractivity contribution in [3.05, 3.63) is 54.4 Å². The van der Waals surface area contributed by atoms with Crippen LogP contribution in [-0.2, 0) is 0 Å². The molecule has 1 aromatic heterocycles. The van der Waals surface area contributed by atoms with Gasteiger partial charge in [-0.2, -0.15) is 0 Å². The lowest BCUT2D eigenvalue weighted by atomic mass is 10.2. The predicted molar refractivity (Wildman–Crippen MR) is 77.1 cm³/mol. The average molecular weight is 255 g/mol. The van der Waals surface area contributed by atoms with E-state index in [9.17, 15) is 4.79 Å². The number of hydrogen-bond donors (Lipinski definition) is 1. The molecule has 19 heavy (non-hydrogen) atoms. The molecule has 98 valence electrons. The van der Waals surface area contributed by atoms with E-state index in [1.165, 1.54) is 0 Å². The molecule has 0 unspecified atom stereocenters. The second kappa shape index (κ2) is 6.00. The summed E-state index contributed by atoms with van der Waals surface area (Å²) in [5.74, 6) is -0.0550. The third-order valence-electron chi connectivity index (χ3n) is 2.78. The Kier molecular flexibility index (Phi) is 4.13. The van der Waals surface area contributed by atoms with Crippen LogP contribution in [0.25, 0.3) is 0 Å². The van der Waals surface area contributed by atoms with Crippen molar-refractivity contribution in [3.63, 3.8) is 0 Å². The zero-order valence-corrected chi connectivity index (χ0v) is 10.9. The van der Waals surface area contributed by atoms with Gasteiger partial charge in [0.2, 0.25) is 0 Å². The Morgan fingerprint density at radius 2 is 2.16 bits per heavy atom. The van der Waals surface area contributed by atoms with Gasteiger partial charge in [0.1, 0.15) is 0 Å². The molecule has 0 fully saturated rings. The zero-order valence-electron chi connectivity index (χ0n) is 10.9. The van der Waals surface area contributed by atoms with E-state index in [1.54, 1.807) is 29.4 Å². The van der Waals surface area contributed by atoms with Gasteiger partial charge in [0, 0.05) is 30.3 Å². The first kappa shape index (κ1) is 13.1. The van der Waals surface area contributed by atoms with Crippen molar-refractivity contribution < 1.29 is 4.79 Å². The second-order valence-corrected chi connectivity index (χ2v) is 4.29. The van der Waals surface area contributed by atoms with E-state index >= 15 is 0 Å². The molecule has 1 heterocycles. The lowest BCUT2D eigenvalue weighted by Crippen LogP contribution is -2.31. The Labute approximate surface area is 112 Å². The number of benzene rings is 1. The minimum atomic E-state index is -0.0550. The number of pyridine rings is 1. The van der Waals surface area contributed by atoms with E-state index in [-0.39, 0.29) is 5.91 Å². The van der Waals surface area contributed by atoms with Crippen molar-refractivity contribution in [1.29, 1.82) is 0 Å². The Hall–Kier alpha value is -2.36. The first-order valence-electron chi connectivity index (χ1n) is 6.30. The molecule has 0 spiro atoms. The number of nitrogen functional groups attached to an aromatic ring is 1. The van der Waals surface area contributed by atoms with Crippen molar-refractivity contribution in [3.8, 4) is 0 Å². The van der Waals surface area contributed by atoms with Gasteiger partial charge in [-0.3, -0.25) is 9.78 Å². The minimum absolute atomic E-state index is 0.0550. The van der Waals surface area contributed by atoms with Crippen molar-refractivity contribution in [2.45, 2.75) is 13.3 Å². The Morgan fingerprint density at radius 3 is 2.79 bits per heavy atom. The van der Waals surface area contributed by atoms with Crippen LogP contribution in [-0.4, -0.2) is 17.4 Å². The number of carbonyl (C=O) groups is 1. The number of anilines is 2. The molecule has 0 aliphatic rings. The van der Waals surface area contributed by atoms with E-state index in [0.717, 1.165) is 12.1 Å². The van der Waals surface area contributed by atoms with Gasteiger partial charge in [0.25, 0.3) is 5.91 Å². The van der Waals surface area contributed by atoms with Crippen LogP contribution in [0.5, 0.6) is 0 Å². The fraction of sp³-hybridized carbons (Fsp3) is 0.200. The van der Waals surface area contributed by atoms with Crippen LogP contribution in [0.3, 0.4) is 0 Å². The number of amides is 1. The summed E-state index contributed by atoms with van der Waals surface area (Å²) in [6, 6.07) is 10.9. The highest BCUT2D eigenvalue weighted by Crippen LogP contribution is 2.20. The van der Waals surface area contributed by atoms with Crippen LogP contribution in [0.1, 0.15) is 23.7 Å². The molecule has 0 bridgehead atoms. The summed E-state index contributed by atoms with van der Waals surface area (Å²) in [5, 5.41) is 0. The summed E-state index contributed by atoms with van der Waals surface area (Å²) in [6.45, 7) is 2.69. The van der Waals surface area contributed by atoms with Gasteiger partial charge >= 0.3 is 0 Å². The minimum Gasteiger partial charge on any atom is -0.399 e. The maximum atomic E-state index is 12.5. The molecule has 0 aliphatic heterocycles. The first-order valence-corrected chi connectivity index (χ1v) is 6.30. The van der Waals surface area contributed by atoms with Gasteiger partial charge in [0.05, 0.1) is 5.56 Å². The summed E-state index contributed by atoms with van der Waals surface area (Å²) < 4.78 is 0. The molecular formula is C15H17N3O. The monoisotopic (exact) mass is 255 g/mol. The molecule has 2 rings (SSSR count). The predicted octanol–water partition coefficient (Wildman–Crippen LogP) is 2.72. The van der Waals surface area contributed by atoms with E-state index in [2.05, 4.69) is 4.98 Å². The molecular weight excluding hydrogens is 238 g/mol. The normalized spacial score (nSPS) is 10.2. The molecule has 0 saturated heterocycles. The van der Waals surface area contributed by atoms with Gasteiger partial charge in [-0.15, -0.1) is 0 Å². The number of carbonyl (C=O) groups excluding carboxylic acids is 1. The summed E-state index contributed by atoms with van der Waals surface area (Å²) in [7, 11) is 0. The molecule has 0 aliphatic carbocycles. The number of rotatable bonds is 4. The lowest BCUT2D eigenvalue weighted by molar-refractivity contribution is 0.0986. The summed E-state index contributed by atoms with van der Waals surface area (Å²) in [6.07, 6.45) is 4.11. The fourth-order valence-electron chi connectivity index (χ4n) is 1.91. The van der Waals surface area contributed by atoms with Crippen LogP contribution in [0.4, 0.5) is 11.4 Å². The molecule has 4 nitrogen and oxygen atoms in total. The van der Waals surface area contributed by atoms with Crippen LogP contribution >= 0.6 is 0 Å². The highest BCUT2D eigenvalue weighted by Gasteiger charge is 2.16. The SMILES string of the molecule is CCCN(C(=O)c1cccnc1)c1cccc(N)c1. The maximum Gasteiger partial charge on any atom is 0.259 e. The Morgan fingerprint density at radius 1 is 1.32 bits per heavy atom. The van der Waals surface area contributed by atoms with Crippen LogP contribution in [0.2, 0.25) is 0 Å². The molecule has 4 heteroatoms. The van der Waals surface area contributed by atoms with Gasteiger partial charge in [-0.05, 0) is 36.8 Å². The molecule has 2 N–H and O–H groups in total. The van der Waals surface area contributed by atoms with Crippen LogP contribution < -0.4 is 10.6 Å². The first-order chi connectivity index (χ1) is 9.22. The third kappa shape index (κ3) is 3.10. The molecule has 1 aromatic carbocycles. The number of nitrogens with zero attached hydrogens (tertiary/aromatic N) is 2. The molecule has 0 radical (unpaired) electrons. The van der Waals surface area contributed by atoms with Gasteiger partial charge < -0.3 is 10.6 Å². The van der Waals surface area contributed by atoms with Crippen LogP contribution in [0.15, 0.2) is 48.8 Å². The Balaban J connectivity index is 2.33. The van der Waals surface area contributed by atoms with E-state index in [1.807, 2.05) is 31.2 Å². The standard InChI is InChI=1S/C15H17N3O/c1-2-9-18(14-7-3-6-13(16)10-14)15(19)12-5-4-8-17-11-12/h3-8,10-11H,2,9,16H2,1H3. The smallest absolute Gasteiger partial charge is 0.259 e. The molecule has 1 amide bonds. The lowest BCUT2D eigenvalue weighted by Gasteiger charge is -2.22. The van der Waals surface area contributed by atoms with Crippen molar-refractivity contribution in [1.82, 2.24) is 4.98 Å². The van der Waals surface area contributed by atoms with Crippen LogP contribution in [0, 0.1) is 0 Å². The topological polar surface area (TPSA) is 59.2 Å².